The molecule has 0 amide bonds. The minimum atomic E-state index is -0.443. The molecular weight excluding hydrogens is 430 g/mol. The molecule has 2 aromatic carbocycles. The Morgan fingerprint density at radius 1 is 1.19 bits per heavy atom. The first-order valence-electron chi connectivity index (χ1n) is 7.99. The Labute approximate surface area is 166 Å². The number of benzene rings is 2. The molecule has 6 nitrogen and oxygen atoms in total. The van der Waals surface area contributed by atoms with Crippen LogP contribution in [0.2, 0.25) is 0 Å². The van der Waals surface area contributed by atoms with Gasteiger partial charge in [0, 0.05) is 27.5 Å². The first-order chi connectivity index (χ1) is 13.0. The van der Waals surface area contributed by atoms with Crippen LogP contribution >= 0.6 is 27.3 Å². The van der Waals surface area contributed by atoms with Crippen LogP contribution < -0.4 is 5.56 Å². The van der Waals surface area contributed by atoms with Crippen LogP contribution in [0.4, 0.5) is 5.69 Å². The Balaban J connectivity index is 1.83. The van der Waals surface area contributed by atoms with Gasteiger partial charge in [-0.1, -0.05) is 40.2 Å². The highest BCUT2D eigenvalue weighted by Crippen LogP contribution is 2.32. The molecular formula is C19H12BrN3O3S. The molecule has 134 valence electrons. The van der Waals surface area contributed by atoms with Crippen molar-refractivity contribution in [2.75, 3.05) is 0 Å². The molecule has 2 heterocycles. The topological polar surface area (TPSA) is 78.0 Å². The fourth-order valence-electron chi connectivity index (χ4n) is 2.91. The number of hydrogen-bond donors (Lipinski definition) is 0. The second kappa shape index (κ2) is 7.05. The van der Waals surface area contributed by atoms with E-state index in [4.69, 9.17) is 0 Å². The van der Waals surface area contributed by atoms with Gasteiger partial charge in [-0.05, 0) is 23.3 Å². The van der Waals surface area contributed by atoms with Gasteiger partial charge < -0.3 is 0 Å². The molecule has 0 saturated carbocycles. The lowest BCUT2D eigenvalue weighted by molar-refractivity contribution is -0.384. The molecule has 2 aromatic heterocycles. The maximum absolute atomic E-state index is 13.1. The van der Waals surface area contributed by atoms with Gasteiger partial charge in [-0.3, -0.25) is 19.5 Å². The zero-order valence-corrected chi connectivity index (χ0v) is 16.2. The van der Waals surface area contributed by atoms with Crippen LogP contribution in [-0.2, 0) is 6.54 Å². The van der Waals surface area contributed by atoms with E-state index in [1.807, 2.05) is 29.6 Å². The average Bonchev–Trinajstić information content (AvgIpc) is 3.09. The summed E-state index contributed by atoms with van der Waals surface area (Å²) < 4.78 is 2.49. The molecule has 0 spiro atoms. The number of halogens is 1. The van der Waals surface area contributed by atoms with Crippen molar-refractivity contribution in [2.24, 2.45) is 0 Å². The van der Waals surface area contributed by atoms with Crippen LogP contribution in [0, 0.1) is 10.1 Å². The van der Waals surface area contributed by atoms with Crippen LogP contribution in [0.15, 0.2) is 69.5 Å². The van der Waals surface area contributed by atoms with E-state index in [0.717, 1.165) is 10.0 Å². The molecule has 8 heteroatoms. The van der Waals surface area contributed by atoms with E-state index >= 15 is 0 Å². The number of nitro benzene ring substituents is 1. The number of rotatable bonds is 4. The Hall–Kier alpha value is -2.84. The van der Waals surface area contributed by atoms with E-state index in [2.05, 4.69) is 20.9 Å². The van der Waals surface area contributed by atoms with Gasteiger partial charge in [0.25, 0.3) is 11.2 Å². The lowest BCUT2D eigenvalue weighted by atomic mass is 10.1. The van der Waals surface area contributed by atoms with Gasteiger partial charge in [0.2, 0.25) is 0 Å². The second-order valence-corrected chi connectivity index (χ2v) is 7.72. The fourth-order valence-corrected chi connectivity index (χ4v) is 4.26. The number of fused-ring (bicyclic) bond motifs is 1. The normalized spacial score (nSPS) is 11.0. The minimum Gasteiger partial charge on any atom is -0.294 e. The molecule has 27 heavy (non-hydrogen) atoms. The quantitative estimate of drug-likeness (QED) is 0.335. The van der Waals surface area contributed by atoms with Gasteiger partial charge in [-0.15, -0.1) is 11.3 Å². The number of hydrogen-bond acceptors (Lipinski definition) is 5. The van der Waals surface area contributed by atoms with Crippen LogP contribution in [0.25, 0.3) is 21.3 Å². The van der Waals surface area contributed by atoms with Crippen molar-refractivity contribution in [1.82, 2.24) is 9.55 Å². The van der Waals surface area contributed by atoms with Crippen molar-refractivity contribution in [1.29, 1.82) is 0 Å². The predicted octanol–water partition coefficient (Wildman–Crippen LogP) is 4.84. The molecule has 0 N–H and O–H groups in total. The molecule has 0 fully saturated rings. The summed E-state index contributed by atoms with van der Waals surface area (Å²) in [6, 6.07) is 14.0. The standard InChI is InChI=1S/C19H12BrN3O3S/c20-14-5-1-3-12(7-14)9-22-11-21-18-17(19(22)24)16(10-27-18)13-4-2-6-15(8-13)23(25)26/h1-8,10-11H,9H2. The molecule has 0 bridgehead atoms. The summed E-state index contributed by atoms with van der Waals surface area (Å²) in [5.74, 6) is 0. The largest absolute Gasteiger partial charge is 0.294 e. The van der Waals surface area contributed by atoms with Crippen molar-refractivity contribution in [3.63, 3.8) is 0 Å². The van der Waals surface area contributed by atoms with E-state index in [1.54, 1.807) is 23.0 Å². The third-order valence-electron chi connectivity index (χ3n) is 4.17. The first-order valence-corrected chi connectivity index (χ1v) is 9.66. The van der Waals surface area contributed by atoms with E-state index in [0.29, 0.717) is 27.9 Å². The lowest BCUT2D eigenvalue weighted by Gasteiger charge is -2.07. The van der Waals surface area contributed by atoms with Crippen molar-refractivity contribution in [3.05, 3.63) is 90.7 Å². The van der Waals surface area contributed by atoms with Gasteiger partial charge >= 0.3 is 0 Å². The van der Waals surface area contributed by atoms with E-state index in [-0.39, 0.29) is 11.2 Å². The molecule has 0 aliphatic heterocycles. The average molecular weight is 442 g/mol. The van der Waals surface area contributed by atoms with Gasteiger partial charge in [-0.25, -0.2) is 4.98 Å². The van der Waals surface area contributed by atoms with Crippen LogP contribution in [0.5, 0.6) is 0 Å². The highest BCUT2D eigenvalue weighted by atomic mass is 79.9. The summed E-state index contributed by atoms with van der Waals surface area (Å²) in [6.07, 6.45) is 1.54. The van der Waals surface area contributed by atoms with Gasteiger partial charge in [0.1, 0.15) is 4.83 Å². The Morgan fingerprint density at radius 2 is 2.00 bits per heavy atom. The maximum atomic E-state index is 13.1. The van der Waals surface area contributed by atoms with Crippen molar-refractivity contribution in [3.8, 4) is 11.1 Å². The summed E-state index contributed by atoms with van der Waals surface area (Å²) in [4.78, 5) is 28.7. The number of aromatic nitrogens is 2. The van der Waals surface area contributed by atoms with Crippen LogP contribution in [0.3, 0.4) is 0 Å². The molecule has 0 saturated heterocycles. The Morgan fingerprint density at radius 3 is 2.78 bits per heavy atom. The molecule has 0 aliphatic carbocycles. The summed E-state index contributed by atoms with van der Waals surface area (Å²) in [7, 11) is 0. The molecule has 0 radical (unpaired) electrons. The second-order valence-electron chi connectivity index (χ2n) is 5.94. The third kappa shape index (κ3) is 3.41. The van der Waals surface area contributed by atoms with Crippen molar-refractivity contribution in [2.45, 2.75) is 6.54 Å². The number of nitrogens with zero attached hydrogens (tertiary/aromatic N) is 3. The van der Waals surface area contributed by atoms with Gasteiger partial charge in [0.15, 0.2) is 0 Å². The zero-order valence-electron chi connectivity index (χ0n) is 13.8. The number of thiophene rings is 1. The molecule has 0 atom stereocenters. The minimum absolute atomic E-state index is 0.00907. The van der Waals surface area contributed by atoms with E-state index in [9.17, 15) is 14.9 Å². The zero-order chi connectivity index (χ0) is 19.0. The molecule has 4 aromatic rings. The van der Waals surface area contributed by atoms with Gasteiger partial charge in [-0.2, -0.15) is 0 Å². The summed E-state index contributed by atoms with van der Waals surface area (Å²) in [5.41, 5.74) is 2.10. The number of nitro groups is 1. The summed E-state index contributed by atoms with van der Waals surface area (Å²) in [6.45, 7) is 0.394. The highest BCUT2D eigenvalue weighted by molar-refractivity contribution is 9.10. The lowest BCUT2D eigenvalue weighted by Crippen LogP contribution is -2.20. The third-order valence-corrected chi connectivity index (χ3v) is 5.55. The SMILES string of the molecule is O=c1c2c(-c3cccc([N+](=O)[O-])c3)csc2ncn1Cc1cccc(Br)c1. The van der Waals surface area contributed by atoms with Crippen molar-refractivity contribution < 1.29 is 4.92 Å². The smallest absolute Gasteiger partial charge is 0.270 e. The fraction of sp³-hybridized carbons (Fsp3) is 0.0526. The van der Waals surface area contributed by atoms with Crippen LogP contribution in [-0.4, -0.2) is 14.5 Å². The van der Waals surface area contributed by atoms with Crippen molar-refractivity contribution >= 4 is 43.2 Å². The number of non-ortho nitro benzene ring substituents is 1. The maximum Gasteiger partial charge on any atom is 0.270 e. The predicted molar refractivity (Wildman–Crippen MR) is 109 cm³/mol. The molecule has 0 aliphatic rings. The van der Waals surface area contributed by atoms with E-state index < -0.39 is 4.92 Å². The van der Waals surface area contributed by atoms with Crippen LogP contribution in [0.1, 0.15) is 5.56 Å². The summed E-state index contributed by atoms with van der Waals surface area (Å²) >= 11 is 4.78. The van der Waals surface area contributed by atoms with Gasteiger partial charge in [0.05, 0.1) is 23.2 Å². The van der Waals surface area contributed by atoms with E-state index in [1.165, 1.54) is 23.5 Å². The summed E-state index contributed by atoms with van der Waals surface area (Å²) in [5, 5.41) is 13.4. The monoisotopic (exact) mass is 441 g/mol. The molecule has 4 rings (SSSR count). The highest BCUT2D eigenvalue weighted by Gasteiger charge is 2.15. The first kappa shape index (κ1) is 17.6. The molecule has 0 unspecified atom stereocenters. The Bertz CT molecular complexity index is 1230. The Kier molecular flexibility index (Phi) is 4.59.